The number of alkyl halides is 1. The molecular weight excluding hydrogens is 537 g/mol. The monoisotopic (exact) mass is 570 g/mol. The van der Waals surface area contributed by atoms with Gasteiger partial charge < -0.3 is 24.8 Å². The number of anilines is 1. The van der Waals surface area contributed by atoms with E-state index in [4.69, 9.17) is 4.74 Å². The fourth-order valence-corrected chi connectivity index (χ4v) is 4.68. The highest BCUT2D eigenvalue weighted by atomic mass is 19.1. The van der Waals surface area contributed by atoms with E-state index in [0.717, 1.165) is 12.8 Å². The molecule has 1 saturated carbocycles. The predicted molar refractivity (Wildman–Crippen MR) is 147 cm³/mol. The first-order chi connectivity index (χ1) is 19.4. The van der Waals surface area contributed by atoms with Gasteiger partial charge in [-0.15, -0.1) is 0 Å². The van der Waals surface area contributed by atoms with Crippen LogP contribution in [-0.4, -0.2) is 68.4 Å². The molecule has 1 aliphatic carbocycles. The molecule has 1 saturated heterocycles. The van der Waals surface area contributed by atoms with E-state index in [-0.39, 0.29) is 23.8 Å². The first-order valence-electron chi connectivity index (χ1n) is 13.6. The van der Waals surface area contributed by atoms with E-state index in [1.54, 1.807) is 33.9 Å². The number of benzene rings is 1. The van der Waals surface area contributed by atoms with Crippen LogP contribution >= 0.6 is 0 Å². The number of rotatable bonds is 6. The maximum Gasteiger partial charge on any atom is 0.410 e. The SMILES string of the molecule is Cc1cc(F)c(C(=O)NC2CC2)cc1-c1cn(-c2cc(N[C@H]3CCN(C(=O)OC(C)(C)C)C[C@H]3F)cnc2F)cn1. The van der Waals surface area contributed by atoms with Crippen LogP contribution in [0, 0.1) is 18.7 Å². The molecule has 3 aromatic rings. The maximum atomic E-state index is 15.0. The summed E-state index contributed by atoms with van der Waals surface area (Å²) in [6.07, 6.45) is 4.36. The van der Waals surface area contributed by atoms with Gasteiger partial charge in [0.15, 0.2) is 0 Å². The molecule has 9 nitrogen and oxygen atoms in total. The number of halogens is 3. The molecule has 1 aliphatic heterocycles. The molecule has 2 atom stereocenters. The third kappa shape index (κ3) is 6.63. The summed E-state index contributed by atoms with van der Waals surface area (Å²) in [5.41, 5.74) is 1.23. The van der Waals surface area contributed by atoms with Crippen LogP contribution in [0.25, 0.3) is 16.9 Å². The van der Waals surface area contributed by atoms with Gasteiger partial charge in [0.25, 0.3) is 5.91 Å². The van der Waals surface area contributed by atoms with Crippen molar-refractivity contribution >= 4 is 17.7 Å². The number of piperidine rings is 1. The fraction of sp³-hybridized carbons (Fsp3) is 0.448. The number of aromatic nitrogens is 3. The van der Waals surface area contributed by atoms with Crippen LogP contribution in [0.3, 0.4) is 0 Å². The van der Waals surface area contributed by atoms with Gasteiger partial charge in [-0.05, 0) is 70.7 Å². The molecule has 0 spiro atoms. The van der Waals surface area contributed by atoms with Crippen LogP contribution in [-0.2, 0) is 4.74 Å². The quantitative estimate of drug-likeness (QED) is 0.397. The minimum Gasteiger partial charge on any atom is -0.444 e. The molecule has 2 fully saturated rings. The van der Waals surface area contributed by atoms with Gasteiger partial charge in [-0.25, -0.2) is 23.5 Å². The van der Waals surface area contributed by atoms with Crippen LogP contribution in [0.1, 0.15) is 56.0 Å². The highest BCUT2D eigenvalue weighted by molar-refractivity contribution is 5.96. The zero-order valence-electron chi connectivity index (χ0n) is 23.4. The molecule has 41 heavy (non-hydrogen) atoms. The Hall–Kier alpha value is -4.09. The lowest BCUT2D eigenvalue weighted by Gasteiger charge is -2.36. The summed E-state index contributed by atoms with van der Waals surface area (Å²) in [5, 5.41) is 5.85. The van der Waals surface area contributed by atoms with Crippen LogP contribution in [0.2, 0.25) is 0 Å². The van der Waals surface area contributed by atoms with Gasteiger partial charge in [0.2, 0.25) is 5.95 Å². The number of carbonyl (C=O) groups excluding carboxylic acids is 2. The Labute approximate surface area is 236 Å². The molecule has 0 bridgehead atoms. The van der Waals surface area contributed by atoms with Crippen molar-refractivity contribution in [3.05, 3.63) is 59.8 Å². The lowest BCUT2D eigenvalue weighted by molar-refractivity contribution is 0.0125. The second kappa shape index (κ2) is 11.1. The van der Waals surface area contributed by atoms with Crippen molar-refractivity contribution in [1.82, 2.24) is 24.8 Å². The number of likely N-dealkylation sites (tertiary alicyclic amines) is 1. The van der Waals surface area contributed by atoms with Crippen molar-refractivity contribution in [1.29, 1.82) is 0 Å². The fourth-order valence-electron chi connectivity index (χ4n) is 4.68. The average Bonchev–Trinajstić information content (AvgIpc) is 3.57. The third-order valence-corrected chi connectivity index (χ3v) is 6.97. The van der Waals surface area contributed by atoms with Gasteiger partial charge in [-0.1, -0.05) is 0 Å². The number of pyridine rings is 1. The molecule has 2 N–H and O–H groups in total. The molecule has 12 heteroatoms. The van der Waals surface area contributed by atoms with E-state index in [2.05, 4.69) is 20.6 Å². The number of ether oxygens (including phenoxy) is 1. The van der Waals surface area contributed by atoms with Gasteiger partial charge in [-0.3, -0.25) is 4.79 Å². The van der Waals surface area contributed by atoms with Crippen LogP contribution in [0.5, 0.6) is 0 Å². The number of hydrogen-bond donors (Lipinski definition) is 2. The van der Waals surface area contributed by atoms with Crippen molar-refractivity contribution in [2.75, 3.05) is 18.4 Å². The number of imidazole rings is 1. The summed E-state index contributed by atoms with van der Waals surface area (Å²) in [6, 6.07) is 3.69. The summed E-state index contributed by atoms with van der Waals surface area (Å²) in [4.78, 5) is 34.4. The second-order valence-electron chi connectivity index (χ2n) is 11.6. The Bertz CT molecular complexity index is 1470. The number of nitrogens with one attached hydrogen (secondary N) is 2. The minimum absolute atomic E-state index is 0.0711. The summed E-state index contributed by atoms with van der Waals surface area (Å²) >= 11 is 0. The van der Waals surface area contributed by atoms with Gasteiger partial charge in [0, 0.05) is 24.3 Å². The van der Waals surface area contributed by atoms with Gasteiger partial charge in [0.05, 0.1) is 35.7 Å². The number of nitrogens with zero attached hydrogens (tertiary/aromatic N) is 4. The highest BCUT2D eigenvalue weighted by Gasteiger charge is 2.34. The zero-order valence-corrected chi connectivity index (χ0v) is 23.4. The molecule has 0 unspecified atom stereocenters. The number of amides is 2. The Morgan fingerprint density at radius 1 is 1.10 bits per heavy atom. The van der Waals surface area contributed by atoms with Crippen LogP contribution < -0.4 is 10.6 Å². The van der Waals surface area contributed by atoms with Crippen LogP contribution in [0.15, 0.2) is 36.9 Å². The van der Waals surface area contributed by atoms with Gasteiger partial charge in [-0.2, -0.15) is 4.39 Å². The van der Waals surface area contributed by atoms with Crippen molar-refractivity contribution in [2.45, 2.75) is 70.8 Å². The lowest BCUT2D eigenvalue weighted by atomic mass is 10.0. The number of aryl methyl sites for hydroxylation is 1. The molecule has 5 rings (SSSR count). The minimum atomic E-state index is -1.38. The van der Waals surface area contributed by atoms with Crippen molar-refractivity contribution in [3.8, 4) is 16.9 Å². The van der Waals surface area contributed by atoms with Crippen molar-refractivity contribution in [2.24, 2.45) is 0 Å². The number of carbonyl (C=O) groups is 2. The number of hydrogen-bond acceptors (Lipinski definition) is 6. The smallest absolute Gasteiger partial charge is 0.410 e. The Kier molecular flexibility index (Phi) is 7.67. The van der Waals surface area contributed by atoms with Crippen molar-refractivity contribution in [3.63, 3.8) is 0 Å². The Morgan fingerprint density at radius 2 is 1.85 bits per heavy atom. The highest BCUT2D eigenvalue weighted by Crippen LogP contribution is 2.29. The second-order valence-corrected chi connectivity index (χ2v) is 11.6. The summed E-state index contributed by atoms with van der Waals surface area (Å²) in [5.74, 6) is -1.87. The summed E-state index contributed by atoms with van der Waals surface area (Å²) in [7, 11) is 0. The first-order valence-corrected chi connectivity index (χ1v) is 13.6. The summed E-state index contributed by atoms with van der Waals surface area (Å²) in [6.45, 7) is 7.13. The van der Waals surface area contributed by atoms with E-state index < -0.39 is 41.6 Å². The zero-order chi connectivity index (χ0) is 29.5. The average molecular weight is 571 g/mol. The van der Waals surface area contributed by atoms with Crippen molar-refractivity contribution < 1.29 is 27.5 Å². The standard InChI is InChI=1S/C29H33F3N6O3/c1-16-9-21(30)20(27(39)36-17-5-6-17)11-19(16)24-14-38(15-34-24)25-10-18(12-33-26(25)32)35-23-7-8-37(13-22(23)31)28(40)41-29(2,3)4/h9-12,14-15,17,22-23,35H,5-8,13H2,1-4H3,(H,36,39)/t22-,23+/m1/s1. The third-order valence-electron chi connectivity index (χ3n) is 6.97. The van der Waals surface area contributed by atoms with E-state index >= 15 is 4.39 Å². The van der Waals surface area contributed by atoms with E-state index in [1.165, 1.54) is 40.2 Å². The Balaban J connectivity index is 1.31. The Morgan fingerprint density at radius 3 is 2.54 bits per heavy atom. The first kappa shape index (κ1) is 28.4. The molecule has 2 amide bonds. The van der Waals surface area contributed by atoms with Gasteiger partial charge >= 0.3 is 6.09 Å². The molecule has 218 valence electrons. The van der Waals surface area contributed by atoms with Gasteiger partial charge in [0.1, 0.15) is 29.6 Å². The predicted octanol–water partition coefficient (Wildman–Crippen LogP) is 5.17. The van der Waals surface area contributed by atoms with E-state index in [1.807, 2.05) is 0 Å². The largest absolute Gasteiger partial charge is 0.444 e. The maximum absolute atomic E-state index is 15.0. The molecule has 1 aromatic carbocycles. The molecule has 2 aromatic heterocycles. The molecule has 3 heterocycles. The molecule has 2 aliphatic rings. The molecular formula is C29H33F3N6O3. The normalized spacial score (nSPS) is 19.1. The lowest BCUT2D eigenvalue weighted by Crippen LogP contribution is -2.51. The van der Waals surface area contributed by atoms with E-state index in [9.17, 15) is 18.4 Å². The van der Waals surface area contributed by atoms with Crippen LogP contribution in [0.4, 0.5) is 23.7 Å². The topological polar surface area (TPSA) is 101 Å². The van der Waals surface area contributed by atoms with E-state index in [0.29, 0.717) is 35.5 Å². The molecule has 0 radical (unpaired) electrons. The summed E-state index contributed by atoms with van der Waals surface area (Å²) < 4.78 is 51.2.